The zero-order valence-electron chi connectivity index (χ0n) is 10.6. The van der Waals surface area contributed by atoms with Crippen LogP contribution >= 0.6 is 11.3 Å². The highest BCUT2D eigenvalue weighted by Gasteiger charge is 2.17. The average Bonchev–Trinajstić information content (AvgIpc) is 2.55. The lowest BCUT2D eigenvalue weighted by atomic mass is 9.87. The highest BCUT2D eigenvalue weighted by Crippen LogP contribution is 2.25. The van der Waals surface area contributed by atoms with Crippen molar-refractivity contribution in [3.63, 3.8) is 0 Å². The Morgan fingerprint density at radius 2 is 2.18 bits per heavy atom. The van der Waals surface area contributed by atoms with E-state index in [4.69, 9.17) is 5.73 Å². The van der Waals surface area contributed by atoms with Crippen LogP contribution in [0.25, 0.3) is 10.2 Å². The first-order valence-corrected chi connectivity index (χ1v) is 6.71. The second kappa shape index (κ2) is 4.70. The number of rotatable bonds is 3. The summed E-state index contributed by atoms with van der Waals surface area (Å²) in [5.41, 5.74) is 7.42. The molecule has 0 amide bonds. The van der Waals surface area contributed by atoms with Crippen molar-refractivity contribution >= 4 is 21.6 Å². The molecule has 92 valence electrons. The summed E-state index contributed by atoms with van der Waals surface area (Å²) in [6.45, 7) is 6.65. The molecule has 2 N–H and O–H groups in total. The summed E-state index contributed by atoms with van der Waals surface area (Å²) in [6.07, 6.45) is 5.49. The molecule has 4 heteroatoms. The minimum atomic E-state index is 0.184. The molecule has 0 aromatic carbocycles. The van der Waals surface area contributed by atoms with Gasteiger partial charge in [-0.2, -0.15) is 0 Å². The van der Waals surface area contributed by atoms with Crippen LogP contribution in [-0.4, -0.2) is 16.0 Å². The fourth-order valence-corrected chi connectivity index (χ4v) is 3.03. The van der Waals surface area contributed by atoms with Crippen LogP contribution in [0, 0.1) is 5.41 Å². The van der Waals surface area contributed by atoms with Gasteiger partial charge in [0.15, 0.2) is 0 Å². The normalized spacial score (nSPS) is 14.1. The molecule has 0 saturated carbocycles. The van der Waals surface area contributed by atoms with Crippen LogP contribution in [0.1, 0.15) is 32.2 Å². The fourth-order valence-electron chi connectivity index (χ4n) is 2.00. The molecule has 3 nitrogen and oxygen atoms in total. The van der Waals surface area contributed by atoms with Gasteiger partial charge in [0, 0.05) is 18.7 Å². The van der Waals surface area contributed by atoms with Gasteiger partial charge in [-0.1, -0.05) is 20.8 Å². The van der Waals surface area contributed by atoms with Gasteiger partial charge in [-0.25, -0.2) is 4.98 Å². The maximum atomic E-state index is 6.16. The molecule has 0 bridgehead atoms. The maximum absolute atomic E-state index is 6.16. The topological polar surface area (TPSA) is 51.8 Å². The van der Waals surface area contributed by atoms with Crippen molar-refractivity contribution in [3.8, 4) is 0 Å². The van der Waals surface area contributed by atoms with E-state index in [1.807, 2.05) is 12.3 Å². The molecule has 1 atom stereocenters. The highest BCUT2D eigenvalue weighted by molar-refractivity contribution is 7.18. The molecule has 0 radical (unpaired) electrons. The molecule has 2 aromatic rings. The maximum Gasteiger partial charge on any atom is 0.0998 e. The van der Waals surface area contributed by atoms with E-state index in [9.17, 15) is 0 Å². The van der Waals surface area contributed by atoms with Gasteiger partial charge < -0.3 is 5.73 Å². The van der Waals surface area contributed by atoms with Crippen LogP contribution in [0.2, 0.25) is 0 Å². The van der Waals surface area contributed by atoms with E-state index in [1.165, 1.54) is 4.70 Å². The number of aromatic nitrogens is 2. The van der Waals surface area contributed by atoms with Crippen molar-refractivity contribution in [1.29, 1.82) is 0 Å². The van der Waals surface area contributed by atoms with E-state index in [0.29, 0.717) is 0 Å². The Labute approximate surface area is 106 Å². The molecule has 0 fully saturated rings. The predicted molar refractivity (Wildman–Crippen MR) is 73.2 cm³/mol. The quantitative estimate of drug-likeness (QED) is 0.909. The first-order valence-electron chi connectivity index (χ1n) is 5.89. The van der Waals surface area contributed by atoms with Gasteiger partial charge in [-0.15, -0.1) is 11.3 Å². The Balaban J connectivity index is 2.08. The minimum absolute atomic E-state index is 0.184. The van der Waals surface area contributed by atoms with Gasteiger partial charge >= 0.3 is 0 Å². The van der Waals surface area contributed by atoms with Crippen molar-refractivity contribution in [3.05, 3.63) is 23.5 Å². The number of nitrogens with two attached hydrogens (primary N) is 1. The van der Waals surface area contributed by atoms with Gasteiger partial charge in [0.25, 0.3) is 0 Å². The molecule has 0 aliphatic heterocycles. The number of hydrogen-bond donors (Lipinski definition) is 1. The van der Waals surface area contributed by atoms with E-state index >= 15 is 0 Å². The van der Waals surface area contributed by atoms with Crippen LogP contribution in [-0.2, 0) is 6.42 Å². The van der Waals surface area contributed by atoms with Crippen molar-refractivity contribution in [1.82, 2.24) is 9.97 Å². The van der Waals surface area contributed by atoms with Crippen LogP contribution in [0.3, 0.4) is 0 Å². The summed E-state index contributed by atoms with van der Waals surface area (Å²) in [6, 6.07) is 2.19. The molecule has 1 unspecified atom stereocenters. The van der Waals surface area contributed by atoms with Crippen molar-refractivity contribution in [2.75, 3.05) is 0 Å². The van der Waals surface area contributed by atoms with E-state index in [1.54, 1.807) is 17.5 Å². The Bertz CT molecular complexity index is 466. The first-order chi connectivity index (χ1) is 7.94. The van der Waals surface area contributed by atoms with Gasteiger partial charge in [-0.3, -0.25) is 4.98 Å². The second-order valence-corrected chi connectivity index (χ2v) is 6.80. The molecule has 2 rings (SSSR count). The molecule has 17 heavy (non-hydrogen) atoms. The molecule has 0 spiro atoms. The Kier molecular flexibility index (Phi) is 3.45. The summed E-state index contributed by atoms with van der Waals surface area (Å²) in [7, 11) is 0. The number of hydrogen-bond acceptors (Lipinski definition) is 4. The summed E-state index contributed by atoms with van der Waals surface area (Å²) in [4.78, 5) is 8.64. The third-order valence-corrected chi connectivity index (χ3v) is 3.60. The molecule has 0 aliphatic rings. The van der Waals surface area contributed by atoms with Gasteiger partial charge in [0.1, 0.15) is 0 Å². The zero-order chi connectivity index (χ0) is 12.5. The van der Waals surface area contributed by atoms with Gasteiger partial charge in [0.2, 0.25) is 0 Å². The lowest BCUT2D eigenvalue weighted by molar-refractivity contribution is 0.338. The monoisotopic (exact) mass is 249 g/mol. The van der Waals surface area contributed by atoms with Crippen LogP contribution in [0.5, 0.6) is 0 Å². The molecular weight excluding hydrogens is 230 g/mol. The second-order valence-electron chi connectivity index (χ2n) is 5.68. The van der Waals surface area contributed by atoms with Crippen LogP contribution in [0.4, 0.5) is 0 Å². The van der Waals surface area contributed by atoms with Crippen molar-refractivity contribution < 1.29 is 0 Å². The Morgan fingerprint density at radius 3 is 2.82 bits per heavy atom. The lowest BCUT2D eigenvalue weighted by Crippen LogP contribution is -2.28. The number of fused-ring (bicyclic) bond motifs is 1. The standard InChI is InChI=1S/C13H19N3S/c1-13(2,3)7-9(14)6-12-16-10-8-15-5-4-11(10)17-12/h4-5,8-9H,6-7,14H2,1-3H3. The van der Waals surface area contributed by atoms with E-state index in [2.05, 4.69) is 30.7 Å². The Hall–Kier alpha value is -1.00. The van der Waals surface area contributed by atoms with Crippen molar-refractivity contribution in [2.24, 2.45) is 11.1 Å². The van der Waals surface area contributed by atoms with E-state index in [-0.39, 0.29) is 11.5 Å². The third kappa shape index (κ3) is 3.48. The van der Waals surface area contributed by atoms with Crippen LogP contribution in [0.15, 0.2) is 18.5 Å². The molecule has 2 aromatic heterocycles. The summed E-state index contributed by atoms with van der Waals surface area (Å²) < 4.78 is 1.19. The summed E-state index contributed by atoms with van der Waals surface area (Å²) >= 11 is 1.72. The van der Waals surface area contributed by atoms with Gasteiger partial charge in [-0.05, 0) is 17.9 Å². The van der Waals surface area contributed by atoms with Crippen LogP contribution < -0.4 is 5.73 Å². The molecule has 0 saturated heterocycles. The number of thiazole rings is 1. The molecule has 2 heterocycles. The zero-order valence-corrected chi connectivity index (χ0v) is 11.4. The van der Waals surface area contributed by atoms with E-state index in [0.717, 1.165) is 23.4 Å². The predicted octanol–water partition coefficient (Wildman–Crippen LogP) is 3.00. The third-order valence-electron chi connectivity index (χ3n) is 2.55. The number of nitrogens with zero attached hydrogens (tertiary/aromatic N) is 2. The first kappa shape index (κ1) is 12.5. The number of pyridine rings is 1. The highest BCUT2D eigenvalue weighted by atomic mass is 32.1. The molecular formula is C13H19N3S. The van der Waals surface area contributed by atoms with Gasteiger partial charge in [0.05, 0.1) is 21.4 Å². The lowest BCUT2D eigenvalue weighted by Gasteiger charge is -2.22. The SMILES string of the molecule is CC(C)(C)CC(N)Cc1nc2cnccc2s1. The van der Waals surface area contributed by atoms with E-state index < -0.39 is 0 Å². The van der Waals surface area contributed by atoms with Crippen molar-refractivity contribution in [2.45, 2.75) is 39.7 Å². The minimum Gasteiger partial charge on any atom is -0.327 e. The fraction of sp³-hybridized carbons (Fsp3) is 0.538. The average molecular weight is 249 g/mol. The Morgan fingerprint density at radius 1 is 1.41 bits per heavy atom. The smallest absolute Gasteiger partial charge is 0.0998 e. The summed E-state index contributed by atoms with van der Waals surface area (Å²) in [5, 5.41) is 1.12. The molecule has 0 aliphatic carbocycles. The summed E-state index contributed by atoms with van der Waals surface area (Å²) in [5.74, 6) is 0. The largest absolute Gasteiger partial charge is 0.327 e.